The van der Waals surface area contributed by atoms with Crippen molar-refractivity contribution in [3.63, 3.8) is 0 Å². The second kappa shape index (κ2) is 11.4. The molecule has 0 radical (unpaired) electrons. The van der Waals surface area contributed by atoms with Gasteiger partial charge in [0.1, 0.15) is 17.2 Å². The van der Waals surface area contributed by atoms with Crippen LogP contribution in [0.15, 0.2) is 6.07 Å². The van der Waals surface area contributed by atoms with Crippen LogP contribution in [0.1, 0.15) is 78.0 Å². The van der Waals surface area contributed by atoms with Crippen molar-refractivity contribution < 1.29 is 27.4 Å². The Hall–Kier alpha value is -2.30. The molecule has 1 aromatic heterocycles. The number of nitrogens with zero attached hydrogens (tertiary/aromatic N) is 5. The van der Waals surface area contributed by atoms with Gasteiger partial charge in [0.05, 0.1) is 19.3 Å². The molecule has 8 nitrogen and oxygen atoms in total. The van der Waals surface area contributed by atoms with Crippen molar-refractivity contribution >= 4 is 17.7 Å². The monoisotopic (exact) mass is 541 g/mol. The molecule has 3 heterocycles. The van der Waals surface area contributed by atoms with Crippen molar-refractivity contribution in [1.82, 2.24) is 14.9 Å². The Labute approximate surface area is 223 Å². The molecule has 4 rings (SSSR count). The van der Waals surface area contributed by atoms with Crippen LogP contribution in [0.3, 0.4) is 0 Å². The molecule has 1 amide bonds. The molecule has 11 heteroatoms. The molecule has 1 atom stereocenters. The zero-order chi connectivity index (χ0) is 27.6. The van der Waals surface area contributed by atoms with Gasteiger partial charge in [0.2, 0.25) is 5.82 Å². The van der Waals surface area contributed by atoms with Gasteiger partial charge in [-0.2, -0.15) is 13.2 Å². The Balaban J connectivity index is 1.44. The molecule has 0 N–H and O–H groups in total. The number of halogens is 3. The van der Waals surface area contributed by atoms with Gasteiger partial charge in [-0.05, 0) is 58.3 Å². The van der Waals surface area contributed by atoms with E-state index in [1.54, 1.807) is 22.9 Å². The molecule has 0 bridgehead atoms. The number of ether oxygens (including phenoxy) is 2. The molecule has 3 fully saturated rings. The largest absolute Gasteiger partial charge is 0.451 e. The van der Waals surface area contributed by atoms with Crippen molar-refractivity contribution in [2.75, 3.05) is 56.2 Å². The second-order valence-electron chi connectivity index (χ2n) is 12.1. The molecule has 2 saturated heterocycles. The highest BCUT2D eigenvalue weighted by Gasteiger charge is 2.39. The second-order valence-corrected chi connectivity index (χ2v) is 12.1. The lowest BCUT2D eigenvalue weighted by Gasteiger charge is -2.45. The molecule has 1 spiro atoms. The van der Waals surface area contributed by atoms with Crippen LogP contribution in [-0.2, 0) is 15.7 Å². The fourth-order valence-corrected chi connectivity index (χ4v) is 5.86. The first kappa shape index (κ1) is 28.7. The first-order chi connectivity index (χ1) is 17.8. The fraction of sp³-hybridized carbons (Fsp3) is 0.815. The number of amides is 1. The summed E-state index contributed by atoms with van der Waals surface area (Å²) in [5, 5.41) is 0. The van der Waals surface area contributed by atoms with E-state index in [-0.39, 0.29) is 23.4 Å². The topological polar surface area (TPSA) is 71.0 Å². The predicted molar refractivity (Wildman–Crippen MR) is 139 cm³/mol. The third-order valence-electron chi connectivity index (χ3n) is 7.82. The van der Waals surface area contributed by atoms with E-state index in [1.165, 1.54) is 19.3 Å². The Bertz CT molecular complexity index is 957. The average Bonchev–Trinajstić information content (AvgIpc) is 2.86. The standard InChI is InChI=1S/C27H42F3N5O3/c1-25(2,3)38-24(36)34-15-16-37-20(18-34)9-14-33(4)21-17-22(32-23(31-21)27(28,29)30)35-13-8-12-26(19-35)10-6-5-7-11-26/h17,20H,5-16,18-19H2,1-4H3. The van der Waals surface area contributed by atoms with Crippen LogP contribution in [-0.4, -0.2) is 79.0 Å². The first-order valence-corrected chi connectivity index (χ1v) is 13.9. The van der Waals surface area contributed by atoms with Crippen molar-refractivity contribution in [3.05, 3.63) is 11.9 Å². The van der Waals surface area contributed by atoms with E-state index in [0.717, 1.165) is 32.2 Å². The number of anilines is 2. The van der Waals surface area contributed by atoms with Crippen molar-refractivity contribution in [3.8, 4) is 0 Å². The van der Waals surface area contributed by atoms with Crippen LogP contribution in [0.4, 0.5) is 29.6 Å². The Morgan fingerprint density at radius 2 is 1.84 bits per heavy atom. The molecular formula is C27H42F3N5O3. The molecule has 1 aliphatic carbocycles. The van der Waals surface area contributed by atoms with E-state index in [1.807, 2.05) is 25.7 Å². The van der Waals surface area contributed by atoms with E-state index < -0.39 is 17.6 Å². The molecule has 2 aliphatic heterocycles. The minimum atomic E-state index is -4.63. The van der Waals surface area contributed by atoms with Crippen molar-refractivity contribution in [2.24, 2.45) is 5.41 Å². The molecule has 1 unspecified atom stereocenters. The summed E-state index contributed by atoms with van der Waals surface area (Å²) in [6.45, 7) is 8.55. The summed E-state index contributed by atoms with van der Waals surface area (Å²) in [7, 11) is 1.74. The third-order valence-corrected chi connectivity index (χ3v) is 7.82. The van der Waals surface area contributed by atoms with Crippen molar-refractivity contribution in [2.45, 2.75) is 90.0 Å². The SMILES string of the molecule is CN(CCC1CN(C(=O)OC(C)(C)C)CCO1)c1cc(N2CCCC3(CCCCC3)C2)nc(C(F)(F)F)n1. The zero-order valence-electron chi connectivity index (χ0n) is 23.1. The van der Waals surface area contributed by atoms with Gasteiger partial charge in [-0.1, -0.05) is 19.3 Å². The number of rotatable bonds is 5. The first-order valence-electron chi connectivity index (χ1n) is 13.9. The third kappa shape index (κ3) is 7.42. The van der Waals surface area contributed by atoms with E-state index >= 15 is 0 Å². The summed E-state index contributed by atoms with van der Waals surface area (Å²) in [6, 6.07) is 1.69. The molecule has 3 aliphatic rings. The minimum absolute atomic E-state index is 0.185. The van der Waals surface area contributed by atoms with Gasteiger partial charge in [-0.25, -0.2) is 14.8 Å². The van der Waals surface area contributed by atoms with Crippen LogP contribution in [0.5, 0.6) is 0 Å². The normalized spacial score (nSPS) is 22.4. The predicted octanol–water partition coefficient (Wildman–Crippen LogP) is 5.51. The molecule has 0 aromatic carbocycles. The Morgan fingerprint density at radius 3 is 2.53 bits per heavy atom. The number of carbonyl (C=O) groups is 1. The fourth-order valence-electron chi connectivity index (χ4n) is 5.86. The highest BCUT2D eigenvalue weighted by molar-refractivity contribution is 5.68. The van der Waals surface area contributed by atoms with Crippen LogP contribution in [0.25, 0.3) is 0 Å². The smallest absolute Gasteiger partial charge is 0.444 e. The molecule has 1 aromatic rings. The number of carbonyl (C=O) groups excluding carboxylic acids is 1. The van der Waals surface area contributed by atoms with Gasteiger partial charge in [-0.15, -0.1) is 0 Å². The molecule has 214 valence electrons. The Kier molecular flexibility index (Phi) is 8.64. The lowest BCUT2D eigenvalue weighted by molar-refractivity contribution is -0.144. The lowest BCUT2D eigenvalue weighted by atomic mass is 9.69. The maximum Gasteiger partial charge on any atom is 0.451 e. The van der Waals surface area contributed by atoms with Gasteiger partial charge in [-0.3, -0.25) is 0 Å². The highest BCUT2D eigenvalue weighted by atomic mass is 19.4. The summed E-state index contributed by atoms with van der Waals surface area (Å²) >= 11 is 0. The molecule has 1 saturated carbocycles. The van der Waals surface area contributed by atoms with Gasteiger partial charge in [0.15, 0.2) is 0 Å². The molecule has 38 heavy (non-hydrogen) atoms. The maximum atomic E-state index is 13.8. The number of morpholine rings is 1. The van der Waals surface area contributed by atoms with Crippen molar-refractivity contribution in [1.29, 1.82) is 0 Å². The maximum absolute atomic E-state index is 13.8. The van der Waals surface area contributed by atoms with Gasteiger partial charge >= 0.3 is 12.3 Å². The summed E-state index contributed by atoms with van der Waals surface area (Å²) in [6.07, 6.45) is 3.25. The molecular weight excluding hydrogens is 499 g/mol. The lowest BCUT2D eigenvalue weighted by Crippen LogP contribution is -2.48. The van der Waals surface area contributed by atoms with Gasteiger partial charge in [0, 0.05) is 39.3 Å². The number of aromatic nitrogens is 2. The minimum Gasteiger partial charge on any atom is -0.444 e. The average molecular weight is 542 g/mol. The summed E-state index contributed by atoms with van der Waals surface area (Å²) in [4.78, 5) is 25.7. The van der Waals surface area contributed by atoms with E-state index in [9.17, 15) is 18.0 Å². The van der Waals surface area contributed by atoms with Crippen LogP contribution < -0.4 is 9.80 Å². The number of hydrogen-bond donors (Lipinski definition) is 0. The number of alkyl halides is 3. The zero-order valence-corrected chi connectivity index (χ0v) is 23.1. The van der Waals surface area contributed by atoms with Gasteiger partial charge in [0.25, 0.3) is 0 Å². The summed E-state index contributed by atoms with van der Waals surface area (Å²) in [5.74, 6) is -0.514. The van der Waals surface area contributed by atoms with E-state index in [0.29, 0.717) is 45.0 Å². The summed E-state index contributed by atoms with van der Waals surface area (Å²) in [5.41, 5.74) is -0.402. The quantitative estimate of drug-likeness (QED) is 0.487. The van der Waals surface area contributed by atoms with E-state index in [2.05, 4.69) is 9.97 Å². The highest BCUT2D eigenvalue weighted by Crippen LogP contribution is 2.44. The van der Waals surface area contributed by atoms with Crippen LogP contribution in [0.2, 0.25) is 0 Å². The number of piperidine rings is 1. The Morgan fingerprint density at radius 1 is 1.13 bits per heavy atom. The number of hydrogen-bond acceptors (Lipinski definition) is 7. The summed E-state index contributed by atoms with van der Waals surface area (Å²) < 4.78 is 52.7. The van der Waals surface area contributed by atoms with Gasteiger partial charge < -0.3 is 24.2 Å². The van der Waals surface area contributed by atoms with Crippen LogP contribution >= 0.6 is 0 Å². The van der Waals surface area contributed by atoms with Crippen LogP contribution in [0, 0.1) is 5.41 Å². The van der Waals surface area contributed by atoms with E-state index in [4.69, 9.17) is 9.47 Å².